The minimum atomic E-state index is -3.87. The number of sulfonamides is 1. The number of allylic oxidation sites excluding steroid dienone is 1. The second kappa shape index (κ2) is 15.9. The Labute approximate surface area is 256 Å². The Hall–Kier alpha value is -4.15. The third-order valence-corrected chi connectivity index (χ3v) is 8.73. The maximum atomic E-state index is 13.7. The number of hydrogen-bond acceptors (Lipinski definition) is 4. The van der Waals surface area contributed by atoms with Gasteiger partial charge < -0.3 is 9.47 Å². The minimum absolute atomic E-state index is 0.132. The van der Waals surface area contributed by atoms with Gasteiger partial charge in [0.2, 0.25) is 0 Å². The lowest BCUT2D eigenvalue weighted by Gasteiger charge is -2.31. The molecule has 0 aliphatic rings. The van der Waals surface area contributed by atoms with Crippen LogP contribution >= 0.6 is 0 Å². The van der Waals surface area contributed by atoms with Gasteiger partial charge in [-0.15, -0.1) is 6.58 Å². The first-order chi connectivity index (χ1) is 20.9. The van der Waals surface area contributed by atoms with Gasteiger partial charge in [-0.2, -0.15) is 0 Å². The summed E-state index contributed by atoms with van der Waals surface area (Å²) in [4.78, 5) is 0.207. The predicted molar refractivity (Wildman–Crippen MR) is 172 cm³/mol. The molecule has 0 heterocycles. The van der Waals surface area contributed by atoms with Gasteiger partial charge in [0.15, 0.2) is 0 Å². The monoisotopic (exact) mass is 593 g/mol. The molecule has 0 N–H and O–H groups in total. The van der Waals surface area contributed by atoms with Crippen LogP contribution in [-0.2, 0) is 39.3 Å². The zero-order chi connectivity index (χ0) is 30.4. The third-order valence-electron chi connectivity index (χ3n) is 7.06. The average Bonchev–Trinajstić information content (AvgIpc) is 3.02. The quantitative estimate of drug-likeness (QED) is 0.0812. The van der Waals surface area contributed by atoms with Gasteiger partial charge in [0.05, 0.1) is 37.9 Å². The molecule has 4 rings (SSSR count). The van der Waals surface area contributed by atoms with E-state index in [4.69, 9.17) is 9.47 Å². The summed E-state index contributed by atoms with van der Waals surface area (Å²) in [6.07, 6.45) is 2.80. The molecule has 0 aliphatic carbocycles. The fraction of sp³-hybridized carbons (Fsp3) is 0.243. The van der Waals surface area contributed by atoms with Crippen LogP contribution in [0.4, 0.5) is 0 Å². The molecule has 0 amide bonds. The van der Waals surface area contributed by atoms with Crippen LogP contribution in [0.15, 0.2) is 133 Å². The van der Waals surface area contributed by atoms with Crippen molar-refractivity contribution < 1.29 is 17.9 Å². The maximum Gasteiger partial charge on any atom is 0.271 e. The molecular weight excluding hydrogens is 554 g/mol. The molecule has 0 aliphatic heterocycles. The second-order valence-corrected chi connectivity index (χ2v) is 12.6. The summed E-state index contributed by atoms with van der Waals surface area (Å²) in [7, 11) is -3.87. The van der Waals surface area contributed by atoms with E-state index < -0.39 is 15.4 Å². The molecule has 0 radical (unpaired) electrons. The molecule has 6 heteroatoms. The number of rotatable bonds is 15. The lowest BCUT2D eigenvalue weighted by Crippen LogP contribution is -2.32. The SMILES string of the molecule is C=CCC(CC#CN(Cc1ccccc1)S(=O)(=O)c1ccc(C)cc1)(COCc1ccccc1)COCc1ccccc1. The highest BCUT2D eigenvalue weighted by Gasteiger charge is 2.30. The summed E-state index contributed by atoms with van der Waals surface area (Å²) < 4.78 is 41.2. The van der Waals surface area contributed by atoms with Crippen LogP contribution in [-0.4, -0.2) is 25.9 Å². The van der Waals surface area contributed by atoms with Crippen molar-refractivity contribution >= 4 is 10.0 Å². The lowest BCUT2D eigenvalue weighted by atomic mass is 9.83. The molecule has 4 aromatic carbocycles. The normalized spacial score (nSPS) is 11.4. The van der Waals surface area contributed by atoms with E-state index in [0.29, 0.717) is 39.3 Å². The van der Waals surface area contributed by atoms with Crippen LogP contribution in [0, 0.1) is 24.3 Å². The number of hydrogen-bond donors (Lipinski definition) is 0. The molecule has 222 valence electrons. The van der Waals surface area contributed by atoms with Gasteiger partial charge in [-0.3, -0.25) is 0 Å². The summed E-state index contributed by atoms with van der Waals surface area (Å²) in [5.74, 6) is 3.21. The Kier molecular flexibility index (Phi) is 11.8. The zero-order valence-electron chi connectivity index (χ0n) is 24.7. The molecule has 0 unspecified atom stereocenters. The molecular formula is C37H39NO4S. The summed E-state index contributed by atoms with van der Waals surface area (Å²) in [5.41, 5.74) is 3.46. The standard InChI is InChI=1S/C37H39NO4S/c1-3-24-37(30-41-28-34-16-9-5-10-17-34,31-42-29-35-18-11-6-12-19-35)25-13-26-38(27-33-14-7-4-8-15-33)43(39,40)36-22-20-32(2)21-23-36/h3-12,14-23H,1,24-25,27-31H2,2H3. The highest BCUT2D eigenvalue weighted by molar-refractivity contribution is 7.89. The summed E-state index contributed by atoms with van der Waals surface area (Å²) in [6.45, 7) is 7.71. The van der Waals surface area contributed by atoms with Crippen molar-refractivity contribution in [2.45, 2.75) is 44.4 Å². The largest absolute Gasteiger partial charge is 0.376 e. The highest BCUT2D eigenvalue weighted by Crippen LogP contribution is 2.29. The molecule has 0 spiro atoms. The van der Waals surface area contributed by atoms with E-state index in [1.54, 1.807) is 24.3 Å². The fourth-order valence-electron chi connectivity index (χ4n) is 4.65. The molecule has 0 fully saturated rings. The highest BCUT2D eigenvalue weighted by atomic mass is 32.2. The van der Waals surface area contributed by atoms with Crippen molar-refractivity contribution in [1.82, 2.24) is 4.31 Å². The molecule has 0 saturated heterocycles. The average molecular weight is 594 g/mol. The first-order valence-electron chi connectivity index (χ1n) is 14.4. The van der Waals surface area contributed by atoms with Gasteiger partial charge >= 0.3 is 0 Å². The van der Waals surface area contributed by atoms with Crippen molar-refractivity contribution in [3.8, 4) is 12.0 Å². The van der Waals surface area contributed by atoms with Crippen LogP contribution in [0.1, 0.15) is 35.1 Å². The Morgan fingerprint density at radius 3 is 1.72 bits per heavy atom. The Balaban J connectivity index is 1.59. The van der Waals surface area contributed by atoms with Gasteiger partial charge in [0.1, 0.15) is 0 Å². The number of benzene rings is 4. The van der Waals surface area contributed by atoms with Crippen LogP contribution < -0.4 is 0 Å². The maximum absolute atomic E-state index is 13.7. The van der Waals surface area contributed by atoms with E-state index in [1.165, 1.54) is 4.31 Å². The van der Waals surface area contributed by atoms with Crippen molar-refractivity contribution in [3.63, 3.8) is 0 Å². The molecule has 0 atom stereocenters. The second-order valence-electron chi connectivity index (χ2n) is 10.7. The summed E-state index contributed by atoms with van der Waals surface area (Å²) in [5, 5.41) is 0. The Bertz CT molecular complexity index is 1530. The molecule has 0 aromatic heterocycles. The van der Waals surface area contributed by atoms with Crippen molar-refractivity contribution in [1.29, 1.82) is 0 Å². The van der Waals surface area contributed by atoms with E-state index in [9.17, 15) is 8.42 Å². The fourth-order valence-corrected chi connectivity index (χ4v) is 5.88. The van der Waals surface area contributed by atoms with Gasteiger partial charge in [-0.05, 0) is 42.2 Å². The molecule has 5 nitrogen and oxygen atoms in total. The molecule has 0 saturated carbocycles. The van der Waals surface area contributed by atoms with Crippen molar-refractivity contribution in [2.75, 3.05) is 13.2 Å². The van der Waals surface area contributed by atoms with Crippen molar-refractivity contribution in [3.05, 3.63) is 150 Å². The molecule has 0 bridgehead atoms. The van der Waals surface area contributed by atoms with Crippen LogP contribution in [0.3, 0.4) is 0 Å². The number of ether oxygens (including phenoxy) is 2. The number of nitrogens with zero attached hydrogens (tertiary/aromatic N) is 1. The lowest BCUT2D eigenvalue weighted by molar-refractivity contribution is -0.0294. The first kappa shape index (κ1) is 31.8. The van der Waals surface area contributed by atoms with Crippen LogP contribution in [0.2, 0.25) is 0 Å². The van der Waals surface area contributed by atoms with Gasteiger partial charge in [-0.1, -0.05) is 121 Å². The Morgan fingerprint density at radius 1 is 0.744 bits per heavy atom. The van der Waals surface area contributed by atoms with Gasteiger partial charge in [-0.25, -0.2) is 12.7 Å². The summed E-state index contributed by atoms with van der Waals surface area (Å²) in [6, 6.07) is 39.3. The topological polar surface area (TPSA) is 55.8 Å². The smallest absolute Gasteiger partial charge is 0.271 e. The van der Waals surface area contributed by atoms with Gasteiger partial charge in [0.25, 0.3) is 10.0 Å². The summed E-state index contributed by atoms with van der Waals surface area (Å²) >= 11 is 0. The minimum Gasteiger partial charge on any atom is -0.376 e. The van der Waals surface area contributed by atoms with Crippen LogP contribution in [0.5, 0.6) is 0 Å². The van der Waals surface area contributed by atoms with E-state index in [1.807, 2.05) is 104 Å². The number of aryl methyl sites for hydroxylation is 1. The zero-order valence-corrected chi connectivity index (χ0v) is 25.5. The van der Waals surface area contributed by atoms with E-state index >= 15 is 0 Å². The van der Waals surface area contributed by atoms with Crippen molar-refractivity contribution in [2.24, 2.45) is 5.41 Å². The molecule has 43 heavy (non-hydrogen) atoms. The van der Waals surface area contributed by atoms with E-state index in [0.717, 1.165) is 22.3 Å². The Morgan fingerprint density at radius 2 is 1.23 bits per heavy atom. The first-order valence-corrected chi connectivity index (χ1v) is 15.8. The third kappa shape index (κ3) is 9.69. The molecule has 4 aromatic rings. The van der Waals surface area contributed by atoms with E-state index in [2.05, 4.69) is 18.5 Å². The predicted octanol–water partition coefficient (Wildman–Crippen LogP) is 7.53. The van der Waals surface area contributed by atoms with Gasteiger partial charge in [0, 0.05) is 17.9 Å². The van der Waals surface area contributed by atoms with Crippen LogP contribution in [0.25, 0.3) is 0 Å². The van der Waals surface area contributed by atoms with E-state index in [-0.39, 0.29) is 11.4 Å².